The van der Waals surface area contributed by atoms with E-state index in [1.807, 2.05) is 24.3 Å². The molecule has 0 atom stereocenters. The van der Waals surface area contributed by atoms with E-state index >= 15 is 0 Å². The SMILES string of the molecule is Cn1cc(NC(=O)c2c[nH]c3ccccc23)cn1. The second-order valence-electron chi connectivity index (χ2n) is 4.10. The van der Waals surface area contributed by atoms with Gasteiger partial charge in [-0.15, -0.1) is 0 Å². The number of anilines is 1. The summed E-state index contributed by atoms with van der Waals surface area (Å²) >= 11 is 0. The normalized spacial score (nSPS) is 10.7. The third-order valence-corrected chi connectivity index (χ3v) is 2.80. The number of carbonyl (C=O) groups excluding carboxylic acids is 1. The number of hydrogen-bond donors (Lipinski definition) is 2. The Kier molecular flexibility index (Phi) is 2.37. The van der Waals surface area contributed by atoms with E-state index in [0.29, 0.717) is 11.3 Å². The van der Waals surface area contributed by atoms with Gasteiger partial charge in [0, 0.05) is 30.3 Å². The lowest BCUT2D eigenvalue weighted by atomic mass is 10.1. The van der Waals surface area contributed by atoms with Crippen LogP contribution in [0.3, 0.4) is 0 Å². The van der Waals surface area contributed by atoms with Gasteiger partial charge in [-0.3, -0.25) is 9.48 Å². The summed E-state index contributed by atoms with van der Waals surface area (Å²) in [5, 5.41) is 7.74. The fraction of sp³-hybridized carbons (Fsp3) is 0.0769. The first kappa shape index (κ1) is 10.6. The van der Waals surface area contributed by atoms with Gasteiger partial charge >= 0.3 is 0 Å². The number of rotatable bonds is 2. The number of nitrogens with one attached hydrogen (secondary N) is 2. The molecular weight excluding hydrogens is 228 g/mol. The Labute approximate surface area is 103 Å². The average Bonchev–Trinajstić information content (AvgIpc) is 2.95. The molecule has 0 saturated heterocycles. The minimum atomic E-state index is -0.138. The van der Waals surface area contributed by atoms with Crippen LogP contribution < -0.4 is 5.32 Å². The molecule has 0 aliphatic heterocycles. The fourth-order valence-electron chi connectivity index (χ4n) is 1.94. The molecule has 90 valence electrons. The van der Waals surface area contributed by atoms with Crippen molar-refractivity contribution in [1.29, 1.82) is 0 Å². The van der Waals surface area contributed by atoms with Crippen molar-refractivity contribution in [2.45, 2.75) is 0 Å². The third-order valence-electron chi connectivity index (χ3n) is 2.80. The molecule has 0 fully saturated rings. The van der Waals surface area contributed by atoms with Gasteiger partial charge in [0.15, 0.2) is 0 Å². The van der Waals surface area contributed by atoms with Crippen molar-refractivity contribution in [2.75, 3.05) is 5.32 Å². The Morgan fingerprint density at radius 2 is 2.22 bits per heavy atom. The molecule has 0 bridgehead atoms. The number of para-hydroxylation sites is 1. The van der Waals surface area contributed by atoms with Crippen molar-refractivity contribution in [2.24, 2.45) is 7.05 Å². The van der Waals surface area contributed by atoms with Crippen LogP contribution in [0.5, 0.6) is 0 Å². The number of amides is 1. The fourth-order valence-corrected chi connectivity index (χ4v) is 1.94. The van der Waals surface area contributed by atoms with Gasteiger partial charge in [0.05, 0.1) is 17.4 Å². The molecular formula is C13H12N4O. The monoisotopic (exact) mass is 240 g/mol. The molecule has 5 nitrogen and oxygen atoms in total. The number of H-pyrrole nitrogens is 1. The van der Waals surface area contributed by atoms with E-state index in [1.165, 1.54) is 0 Å². The molecule has 0 unspecified atom stereocenters. The maximum atomic E-state index is 12.1. The highest BCUT2D eigenvalue weighted by Gasteiger charge is 2.12. The zero-order valence-electron chi connectivity index (χ0n) is 9.84. The summed E-state index contributed by atoms with van der Waals surface area (Å²) in [5.41, 5.74) is 2.27. The largest absolute Gasteiger partial charge is 0.360 e. The van der Waals surface area contributed by atoms with E-state index in [1.54, 1.807) is 30.3 Å². The predicted molar refractivity (Wildman–Crippen MR) is 69.5 cm³/mol. The second kappa shape index (κ2) is 4.03. The average molecular weight is 240 g/mol. The van der Waals surface area contributed by atoms with Crippen LogP contribution in [0.25, 0.3) is 10.9 Å². The van der Waals surface area contributed by atoms with Crippen molar-refractivity contribution in [1.82, 2.24) is 14.8 Å². The van der Waals surface area contributed by atoms with Gasteiger partial charge in [-0.25, -0.2) is 0 Å². The summed E-state index contributed by atoms with van der Waals surface area (Å²) in [5.74, 6) is -0.138. The number of aromatic amines is 1. The molecule has 0 aliphatic carbocycles. The van der Waals surface area contributed by atoms with Crippen LogP contribution >= 0.6 is 0 Å². The third kappa shape index (κ3) is 1.75. The van der Waals surface area contributed by atoms with Crippen molar-refractivity contribution in [3.8, 4) is 0 Å². The molecule has 0 saturated carbocycles. The molecule has 0 aliphatic rings. The van der Waals surface area contributed by atoms with Gasteiger partial charge < -0.3 is 10.3 Å². The first-order chi connectivity index (χ1) is 8.74. The number of hydrogen-bond acceptors (Lipinski definition) is 2. The second-order valence-corrected chi connectivity index (χ2v) is 4.10. The van der Waals surface area contributed by atoms with Gasteiger partial charge in [0.25, 0.3) is 5.91 Å². The van der Waals surface area contributed by atoms with Gasteiger partial charge in [-0.05, 0) is 6.07 Å². The molecule has 3 aromatic rings. The Hall–Kier alpha value is -2.56. The standard InChI is InChI=1S/C13H12N4O/c1-17-8-9(6-15-17)16-13(18)11-7-14-12-5-3-2-4-10(11)12/h2-8,14H,1H3,(H,16,18). The summed E-state index contributed by atoms with van der Waals surface area (Å²) in [6.45, 7) is 0. The summed E-state index contributed by atoms with van der Waals surface area (Å²) in [6.07, 6.45) is 5.09. The Balaban J connectivity index is 1.92. The molecule has 1 amide bonds. The summed E-state index contributed by atoms with van der Waals surface area (Å²) in [4.78, 5) is 15.2. The molecule has 1 aromatic carbocycles. The molecule has 2 heterocycles. The smallest absolute Gasteiger partial charge is 0.257 e. The van der Waals surface area contributed by atoms with E-state index in [9.17, 15) is 4.79 Å². The van der Waals surface area contributed by atoms with Crippen LogP contribution in [-0.2, 0) is 7.05 Å². The molecule has 3 rings (SSSR count). The number of aryl methyl sites for hydroxylation is 1. The first-order valence-electron chi connectivity index (χ1n) is 5.60. The highest BCUT2D eigenvalue weighted by Crippen LogP contribution is 2.18. The maximum Gasteiger partial charge on any atom is 0.257 e. The molecule has 5 heteroatoms. The molecule has 2 aromatic heterocycles. The van der Waals surface area contributed by atoms with E-state index in [-0.39, 0.29) is 5.91 Å². The van der Waals surface area contributed by atoms with E-state index in [2.05, 4.69) is 15.4 Å². The summed E-state index contributed by atoms with van der Waals surface area (Å²) < 4.78 is 1.64. The van der Waals surface area contributed by atoms with Crippen LogP contribution in [0, 0.1) is 0 Å². The predicted octanol–water partition coefficient (Wildman–Crippen LogP) is 2.15. The first-order valence-corrected chi connectivity index (χ1v) is 5.60. The quantitative estimate of drug-likeness (QED) is 0.721. The minimum absolute atomic E-state index is 0.138. The number of benzene rings is 1. The number of aromatic nitrogens is 3. The lowest BCUT2D eigenvalue weighted by Gasteiger charge is -2.00. The van der Waals surface area contributed by atoms with Crippen molar-refractivity contribution in [3.05, 3.63) is 48.4 Å². The van der Waals surface area contributed by atoms with Gasteiger partial charge in [-0.2, -0.15) is 5.10 Å². The lowest BCUT2D eigenvalue weighted by molar-refractivity contribution is 0.102. The maximum absolute atomic E-state index is 12.1. The number of nitrogens with zero attached hydrogens (tertiary/aromatic N) is 2. The van der Waals surface area contributed by atoms with Crippen LogP contribution in [0.15, 0.2) is 42.9 Å². The minimum Gasteiger partial charge on any atom is -0.360 e. The topological polar surface area (TPSA) is 62.7 Å². The van der Waals surface area contributed by atoms with E-state index in [0.717, 1.165) is 10.9 Å². The zero-order valence-corrected chi connectivity index (χ0v) is 9.84. The highest BCUT2D eigenvalue weighted by atomic mass is 16.1. The van der Waals surface area contributed by atoms with E-state index in [4.69, 9.17) is 0 Å². The number of carbonyl (C=O) groups is 1. The van der Waals surface area contributed by atoms with Crippen molar-refractivity contribution < 1.29 is 4.79 Å². The lowest BCUT2D eigenvalue weighted by Crippen LogP contribution is -2.10. The molecule has 0 radical (unpaired) electrons. The summed E-state index contributed by atoms with van der Waals surface area (Å²) in [6, 6.07) is 7.71. The van der Waals surface area contributed by atoms with Crippen molar-refractivity contribution >= 4 is 22.5 Å². The van der Waals surface area contributed by atoms with Crippen LogP contribution in [-0.4, -0.2) is 20.7 Å². The highest BCUT2D eigenvalue weighted by molar-refractivity contribution is 6.12. The van der Waals surface area contributed by atoms with Crippen LogP contribution in [0.2, 0.25) is 0 Å². The van der Waals surface area contributed by atoms with Gasteiger partial charge in [0.2, 0.25) is 0 Å². The zero-order chi connectivity index (χ0) is 12.5. The molecule has 0 spiro atoms. The van der Waals surface area contributed by atoms with Crippen LogP contribution in [0.4, 0.5) is 5.69 Å². The van der Waals surface area contributed by atoms with Gasteiger partial charge in [0.1, 0.15) is 0 Å². The number of fused-ring (bicyclic) bond motifs is 1. The summed E-state index contributed by atoms with van der Waals surface area (Å²) in [7, 11) is 1.81. The Morgan fingerprint density at radius 3 is 3.00 bits per heavy atom. The molecule has 2 N–H and O–H groups in total. The van der Waals surface area contributed by atoms with Crippen LogP contribution in [0.1, 0.15) is 10.4 Å². The Morgan fingerprint density at radius 1 is 1.39 bits per heavy atom. The Bertz CT molecular complexity index is 710. The van der Waals surface area contributed by atoms with Crippen molar-refractivity contribution in [3.63, 3.8) is 0 Å². The molecule has 18 heavy (non-hydrogen) atoms. The van der Waals surface area contributed by atoms with Gasteiger partial charge in [-0.1, -0.05) is 18.2 Å². The van der Waals surface area contributed by atoms with E-state index < -0.39 is 0 Å².